The molecule has 53 valence electrons. The van der Waals surface area contributed by atoms with E-state index in [9.17, 15) is 8.78 Å². The second-order valence-corrected chi connectivity index (χ2v) is 2.41. The Morgan fingerprint density at radius 2 is 1.90 bits per heavy atom. The Morgan fingerprint density at radius 3 is 2.40 bits per heavy atom. The van der Waals surface area contributed by atoms with E-state index in [1.807, 2.05) is 6.07 Å². The summed E-state index contributed by atoms with van der Waals surface area (Å²) in [6.07, 6.45) is 0. The van der Waals surface area contributed by atoms with Gasteiger partial charge in [-0.25, -0.2) is 8.78 Å². The zero-order valence-electron chi connectivity index (χ0n) is 4.59. The summed E-state index contributed by atoms with van der Waals surface area (Å²) in [6, 6.07) is 3.00. The smallest absolute Gasteiger partial charge is 0.178 e. The van der Waals surface area contributed by atoms with E-state index in [-0.39, 0.29) is 10.0 Å². The SMILES string of the molecule is Fc1[c]c(Cl)cc(Cl)c1F. The van der Waals surface area contributed by atoms with Crippen LogP contribution in [0.3, 0.4) is 0 Å². The Bertz CT molecular complexity index is 237. The summed E-state index contributed by atoms with van der Waals surface area (Å²) in [7, 11) is 0. The van der Waals surface area contributed by atoms with Gasteiger partial charge in [0.2, 0.25) is 0 Å². The van der Waals surface area contributed by atoms with Crippen LogP contribution in [-0.2, 0) is 0 Å². The molecular weight excluding hydrogens is 181 g/mol. The van der Waals surface area contributed by atoms with Crippen molar-refractivity contribution in [3.05, 3.63) is 33.8 Å². The third-order valence-corrected chi connectivity index (χ3v) is 1.36. The van der Waals surface area contributed by atoms with Crippen LogP contribution in [0.2, 0.25) is 10.0 Å². The molecule has 4 heteroatoms. The fourth-order valence-electron chi connectivity index (χ4n) is 0.475. The van der Waals surface area contributed by atoms with Gasteiger partial charge in [-0.05, 0) is 6.07 Å². The topological polar surface area (TPSA) is 0 Å². The molecule has 0 bridgehead atoms. The lowest BCUT2D eigenvalue weighted by Gasteiger charge is -1.94. The second-order valence-electron chi connectivity index (χ2n) is 1.59. The Balaban J connectivity index is 3.31. The number of rotatable bonds is 0. The van der Waals surface area contributed by atoms with E-state index in [4.69, 9.17) is 23.2 Å². The Kier molecular flexibility index (Phi) is 2.11. The molecule has 0 aliphatic heterocycles. The molecule has 1 aromatic carbocycles. The first-order valence-electron chi connectivity index (χ1n) is 2.33. The Hall–Kier alpha value is -0.340. The first kappa shape index (κ1) is 7.76. The highest BCUT2D eigenvalue weighted by molar-refractivity contribution is 6.34. The lowest BCUT2D eigenvalue weighted by Crippen LogP contribution is -1.84. The van der Waals surface area contributed by atoms with Crippen LogP contribution in [0.5, 0.6) is 0 Å². The molecule has 0 spiro atoms. The lowest BCUT2D eigenvalue weighted by molar-refractivity contribution is 0.507. The molecule has 0 fully saturated rings. The zero-order valence-corrected chi connectivity index (χ0v) is 6.10. The fraction of sp³-hybridized carbons (Fsp3) is 0. The van der Waals surface area contributed by atoms with Gasteiger partial charge in [0.25, 0.3) is 0 Å². The third kappa shape index (κ3) is 1.39. The Morgan fingerprint density at radius 1 is 1.30 bits per heavy atom. The van der Waals surface area contributed by atoms with Crippen LogP contribution in [0.25, 0.3) is 0 Å². The van der Waals surface area contributed by atoms with Crippen molar-refractivity contribution in [2.24, 2.45) is 0 Å². The van der Waals surface area contributed by atoms with Crippen LogP contribution < -0.4 is 0 Å². The van der Waals surface area contributed by atoms with Gasteiger partial charge in [-0.3, -0.25) is 0 Å². The van der Waals surface area contributed by atoms with E-state index in [1.165, 1.54) is 0 Å². The van der Waals surface area contributed by atoms with Gasteiger partial charge in [-0.1, -0.05) is 23.2 Å². The molecule has 1 rings (SSSR count). The summed E-state index contributed by atoms with van der Waals surface area (Å²) < 4.78 is 24.6. The van der Waals surface area contributed by atoms with Crippen molar-refractivity contribution in [3.8, 4) is 0 Å². The minimum Gasteiger partial charge on any atom is -0.203 e. The summed E-state index contributed by atoms with van der Waals surface area (Å²) in [6.45, 7) is 0. The molecule has 0 N–H and O–H groups in total. The largest absolute Gasteiger partial charge is 0.203 e. The minimum absolute atomic E-state index is 0.0381. The van der Waals surface area contributed by atoms with E-state index in [0.29, 0.717) is 0 Å². The molecule has 0 aliphatic rings. The maximum atomic E-state index is 12.3. The highest BCUT2D eigenvalue weighted by atomic mass is 35.5. The summed E-state index contributed by atoms with van der Waals surface area (Å²) in [5.41, 5.74) is 0. The average molecular weight is 182 g/mol. The number of hydrogen-bond acceptors (Lipinski definition) is 0. The molecular formula is C6HCl2F2. The number of benzene rings is 1. The summed E-state index contributed by atoms with van der Waals surface area (Å²) in [5, 5.41) is -0.370. The van der Waals surface area contributed by atoms with E-state index in [1.54, 1.807) is 0 Å². The van der Waals surface area contributed by atoms with E-state index < -0.39 is 11.6 Å². The molecule has 1 aromatic rings. The highest BCUT2D eigenvalue weighted by Gasteiger charge is 2.07. The van der Waals surface area contributed by atoms with Gasteiger partial charge in [0, 0.05) is 6.07 Å². The molecule has 0 nitrogen and oxygen atoms in total. The molecule has 10 heavy (non-hydrogen) atoms. The molecule has 1 radical (unpaired) electrons. The molecule has 0 amide bonds. The van der Waals surface area contributed by atoms with Crippen molar-refractivity contribution >= 4 is 23.2 Å². The lowest BCUT2D eigenvalue weighted by atomic mass is 10.3. The van der Waals surface area contributed by atoms with Crippen molar-refractivity contribution in [2.45, 2.75) is 0 Å². The third-order valence-electron chi connectivity index (χ3n) is 0.885. The van der Waals surface area contributed by atoms with Crippen LogP contribution in [0, 0.1) is 17.7 Å². The van der Waals surface area contributed by atoms with Crippen LogP contribution in [0.1, 0.15) is 0 Å². The van der Waals surface area contributed by atoms with E-state index in [2.05, 4.69) is 0 Å². The van der Waals surface area contributed by atoms with Gasteiger partial charge >= 0.3 is 0 Å². The van der Waals surface area contributed by atoms with Gasteiger partial charge < -0.3 is 0 Å². The second kappa shape index (κ2) is 2.72. The van der Waals surface area contributed by atoms with Crippen molar-refractivity contribution in [2.75, 3.05) is 0 Å². The first-order valence-corrected chi connectivity index (χ1v) is 3.09. The van der Waals surface area contributed by atoms with Crippen molar-refractivity contribution in [1.29, 1.82) is 0 Å². The Labute approximate surface area is 66.4 Å². The van der Waals surface area contributed by atoms with Crippen LogP contribution in [-0.4, -0.2) is 0 Å². The summed E-state index contributed by atoms with van der Waals surface area (Å²) in [4.78, 5) is 0. The van der Waals surface area contributed by atoms with E-state index >= 15 is 0 Å². The first-order chi connectivity index (χ1) is 4.61. The van der Waals surface area contributed by atoms with Gasteiger partial charge in [0.1, 0.15) is 0 Å². The molecule has 0 unspecified atom stereocenters. The quantitative estimate of drug-likeness (QED) is 0.427. The molecule has 0 aliphatic carbocycles. The van der Waals surface area contributed by atoms with Gasteiger partial charge in [-0.2, -0.15) is 0 Å². The predicted molar refractivity (Wildman–Crippen MR) is 35.2 cm³/mol. The van der Waals surface area contributed by atoms with Crippen molar-refractivity contribution in [3.63, 3.8) is 0 Å². The average Bonchev–Trinajstić information content (AvgIpc) is 1.82. The van der Waals surface area contributed by atoms with Gasteiger partial charge in [0.05, 0.1) is 10.0 Å². The molecule has 0 saturated carbocycles. The number of hydrogen-bond donors (Lipinski definition) is 0. The van der Waals surface area contributed by atoms with Crippen LogP contribution in [0.15, 0.2) is 6.07 Å². The highest BCUT2D eigenvalue weighted by Crippen LogP contribution is 2.21. The molecule has 0 saturated heterocycles. The van der Waals surface area contributed by atoms with Crippen molar-refractivity contribution < 1.29 is 8.78 Å². The molecule has 0 heterocycles. The zero-order chi connectivity index (χ0) is 7.72. The maximum Gasteiger partial charge on any atom is 0.178 e. The normalized spacial score (nSPS) is 10.0. The van der Waals surface area contributed by atoms with Gasteiger partial charge in [-0.15, -0.1) is 0 Å². The fourth-order valence-corrected chi connectivity index (χ4v) is 0.915. The van der Waals surface area contributed by atoms with E-state index in [0.717, 1.165) is 6.07 Å². The van der Waals surface area contributed by atoms with Gasteiger partial charge in [0.15, 0.2) is 11.6 Å². The van der Waals surface area contributed by atoms with Crippen molar-refractivity contribution in [1.82, 2.24) is 0 Å². The molecule has 0 aromatic heterocycles. The summed E-state index contributed by atoms with van der Waals surface area (Å²) in [5.74, 6) is -2.27. The summed E-state index contributed by atoms with van der Waals surface area (Å²) >= 11 is 10.5. The van der Waals surface area contributed by atoms with Crippen LogP contribution in [0.4, 0.5) is 8.78 Å². The maximum absolute atomic E-state index is 12.3. The monoisotopic (exact) mass is 181 g/mol. The molecule has 0 atom stereocenters. The standard InChI is InChI=1S/C6HCl2F2/c7-3-1-4(8)6(10)5(9)2-3/h1H. The minimum atomic E-state index is -1.16. The number of halogens is 4. The van der Waals surface area contributed by atoms with Crippen LogP contribution >= 0.6 is 23.2 Å². The predicted octanol–water partition coefficient (Wildman–Crippen LogP) is 3.07.